The minimum absolute atomic E-state index is 0.0325. The molecule has 0 saturated heterocycles. The van der Waals surface area contributed by atoms with Crippen molar-refractivity contribution < 1.29 is 14.7 Å². The van der Waals surface area contributed by atoms with Gasteiger partial charge < -0.3 is 10.4 Å². The van der Waals surface area contributed by atoms with Crippen LogP contribution in [0, 0.1) is 0 Å². The molecule has 0 bridgehead atoms. The van der Waals surface area contributed by atoms with Crippen molar-refractivity contribution >= 4 is 33.5 Å². The number of hydrogen-bond acceptors (Lipinski definition) is 3. The molecule has 0 aliphatic rings. The van der Waals surface area contributed by atoms with E-state index in [1.165, 1.54) is 6.20 Å². The van der Waals surface area contributed by atoms with E-state index in [1.807, 2.05) is 0 Å². The van der Waals surface area contributed by atoms with Crippen molar-refractivity contribution in [3.63, 3.8) is 0 Å². The van der Waals surface area contributed by atoms with Crippen molar-refractivity contribution in [1.82, 2.24) is 4.98 Å². The highest BCUT2D eigenvalue weighted by Crippen LogP contribution is 2.12. The lowest BCUT2D eigenvalue weighted by Gasteiger charge is -2.03. The number of aliphatic carboxylic acids is 1. The van der Waals surface area contributed by atoms with Gasteiger partial charge in [-0.1, -0.05) is 0 Å². The maximum atomic E-state index is 11.2. The third kappa shape index (κ3) is 4.55. The zero-order valence-electron chi connectivity index (χ0n) is 7.74. The first-order chi connectivity index (χ1) is 7.08. The monoisotopic (exact) mass is 272 g/mol. The number of nitrogens with zero attached hydrogens (tertiary/aromatic N) is 1. The van der Waals surface area contributed by atoms with Crippen LogP contribution in [0.2, 0.25) is 0 Å². The summed E-state index contributed by atoms with van der Waals surface area (Å²) in [4.78, 5) is 25.3. The van der Waals surface area contributed by atoms with Gasteiger partial charge in [0.2, 0.25) is 5.91 Å². The highest BCUT2D eigenvalue weighted by molar-refractivity contribution is 9.10. The molecule has 1 rings (SSSR count). The molecule has 15 heavy (non-hydrogen) atoms. The number of carbonyl (C=O) groups is 2. The maximum Gasteiger partial charge on any atom is 0.303 e. The smallest absolute Gasteiger partial charge is 0.303 e. The number of aromatic nitrogens is 1. The molecule has 0 unspecified atom stereocenters. The van der Waals surface area contributed by atoms with E-state index in [-0.39, 0.29) is 18.7 Å². The summed E-state index contributed by atoms with van der Waals surface area (Å²) in [6.07, 6.45) is 1.34. The van der Waals surface area contributed by atoms with Gasteiger partial charge in [-0.25, -0.2) is 4.98 Å². The minimum atomic E-state index is -0.985. The summed E-state index contributed by atoms with van der Waals surface area (Å²) in [5.74, 6) is -1.31. The molecular formula is C9H9BrN2O3. The molecule has 0 atom stereocenters. The fraction of sp³-hybridized carbons (Fsp3) is 0.222. The van der Waals surface area contributed by atoms with Crippen LogP contribution in [-0.2, 0) is 9.59 Å². The molecule has 1 aromatic rings. The number of rotatable bonds is 4. The lowest BCUT2D eigenvalue weighted by molar-refractivity contribution is -0.138. The van der Waals surface area contributed by atoms with Crippen LogP contribution in [0.15, 0.2) is 22.9 Å². The Morgan fingerprint density at radius 2 is 2.20 bits per heavy atom. The van der Waals surface area contributed by atoms with E-state index in [1.54, 1.807) is 12.1 Å². The third-order valence-corrected chi connectivity index (χ3v) is 2.01. The zero-order chi connectivity index (χ0) is 11.3. The summed E-state index contributed by atoms with van der Waals surface area (Å²) in [6.45, 7) is 0. The van der Waals surface area contributed by atoms with Gasteiger partial charge in [0.25, 0.3) is 0 Å². The molecule has 0 aromatic carbocycles. The molecule has 0 aliphatic heterocycles. The van der Waals surface area contributed by atoms with Crippen molar-refractivity contribution in [2.24, 2.45) is 0 Å². The number of hydrogen-bond donors (Lipinski definition) is 2. The van der Waals surface area contributed by atoms with Gasteiger partial charge in [-0.2, -0.15) is 0 Å². The van der Waals surface area contributed by atoms with E-state index in [2.05, 4.69) is 26.2 Å². The Morgan fingerprint density at radius 3 is 2.80 bits per heavy atom. The Hall–Kier alpha value is -1.43. The lowest BCUT2D eigenvalue weighted by atomic mass is 10.3. The first kappa shape index (κ1) is 11.6. The highest BCUT2D eigenvalue weighted by Gasteiger charge is 2.05. The molecule has 1 heterocycles. The van der Waals surface area contributed by atoms with Crippen LogP contribution >= 0.6 is 15.9 Å². The van der Waals surface area contributed by atoms with E-state index in [4.69, 9.17) is 5.11 Å². The van der Waals surface area contributed by atoms with E-state index in [0.29, 0.717) is 10.3 Å². The number of nitrogens with one attached hydrogen (secondary N) is 1. The second-order valence-corrected chi connectivity index (χ2v) is 3.62. The van der Waals surface area contributed by atoms with E-state index in [9.17, 15) is 9.59 Å². The van der Waals surface area contributed by atoms with Gasteiger partial charge in [-0.3, -0.25) is 9.59 Å². The van der Waals surface area contributed by atoms with Crippen molar-refractivity contribution in [3.05, 3.63) is 22.9 Å². The second-order valence-electron chi connectivity index (χ2n) is 2.81. The van der Waals surface area contributed by atoms with Crippen molar-refractivity contribution in [2.75, 3.05) is 5.32 Å². The van der Waals surface area contributed by atoms with Crippen molar-refractivity contribution in [1.29, 1.82) is 0 Å². The molecule has 5 nitrogen and oxygen atoms in total. The maximum absolute atomic E-state index is 11.2. The average molecular weight is 273 g/mol. The summed E-state index contributed by atoms with van der Waals surface area (Å²) in [5.41, 5.74) is 0.590. The zero-order valence-corrected chi connectivity index (χ0v) is 9.32. The fourth-order valence-electron chi connectivity index (χ4n) is 0.924. The number of carboxylic acids is 1. The number of anilines is 1. The molecule has 80 valence electrons. The Kier molecular flexibility index (Phi) is 4.23. The molecule has 0 radical (unpaired) electrons. The van der Waals surface area contributed by atoms with Gasteiger partial charge >= 0.3 is 5.97 Å². The summed E-state index contributed by atoms with van der Waals surface area (Å²) < 4.78 is 0.610. The van der Waals surface area contributed by atoms with Crippen LogP contribution in [-0.4, -0.2) is 22.0 Å². The number of amides is 1. The van der Waals surface area contributed by atoms with Crippen LogP contribution < -0.4 is 5.32 Å². The molecule has 0 aliphatic carbocycles. The largest absolute Gasteiger partial charge is 0.481 e. The van der Waals surface area contributed by atoms with Gasteiger partial charge in [0.15, 0.2) is 0 Å². The van der Waals surface area contributed by atoms with Gasteiger partial charge in [0, 0.05) is 18.3 Å². The molecule has 1 amide bonds. The van der Waals surface area contributed by atoms with E-state index < -0.39 is 5.97 Å². The Labute approximate surface area is 94.6 Å². The summed E-state index contributed by atoms with van der Waals surface area (Å²) in [7, 11) is 0. The minimum Gasteiger partial charge on any atom is -0.481 e. The van der Waals surface area contributed by atoms with Crippen molar-refractivity contribution in [3.8, 4) is 0 Å². The molecule has 0 saturated carbocycles. The second kappa shape index (κ2) is 5.45. The predicted octanol–water partition coefficient (Wildman–Crippen LogP) is 1.65. The molecule has 0 fully saturated rings. The summed E-state index contributed by atoms with van der Waals surface area (Å²) in [5, 5.41) is 10.9. The fourth-order valence-corrected chi connectivity index (χ4v) is 1.29. The first-order valence-corrected chi connectivity index (χ1v) is 5.00. The highest BCUT2D eigenvalue weighted by atomic mass is 79.9. The first-order valence-electron chi connectivity index (χ1n) is 4.21. The quantitative estimate of drug-likeness (QED) is 0.817. The van der Waals surface area contributed by atoms with Crippen LogP contribution in [0.25, 0.3) is 0 Å². The topological polar surface area (TPSA) is 79.3 Å². The van der Waals surface area contributed by atoms with Gasteiger partial charge in [0.05, 0.1) is 6.42 Å². The standard InChI is InChI=1S/C9H9BrN2O3/c10-7-5-6(3-4-11-7)12-8(13)1-2-9(14)15/h3-5H,1-2H2,(H,14,15)(H,11,12,13). The molecule has 6 heteroatoms. The van der Waals surface area contributed by atoms with Crippen LogP contribution in [0.1, 0.15) is 12.8 Å². The number of pyridine rings is 1. The van der Waals surface area contributed by atoms with E-state index >= 15 is 0 Å². The SMILES string of the molecule is O=C(O)CCC(=O)Nc1ccnc(Br)c1. The number of carboxylic acid groups (broad SMARTS) is 1. The third-order valence-electron chi connectivity index (χ3n) is 1.58. The number of halogens is 1. The molecular weight excluding hydrogens is 264 g/mol. The molecule has 0 spiro atoms. The number of carbonyl (C=O) groups excluding carboxylic acids is 1. The Balaban J connectivity index is 2.48. The van der Waals surface area contributed by atoms with Crippen LogP contribution in [0.3, 0.4) is 0 Å². The van der Waals surface area contributed by atoms with Crippen LogP contribution in [0.4, 0.5) is 5.69 Å². The van der Waals surface area contributed by atoms with E-state index in [0.717, 1.165) is 0 Å². The molecule has 1 aromatic heterocycles. The van der Waals surface area contributed by atoms with Gasteiger partial charge in [-0.05, 0) is 28.1 Å². The van der Waals surface area contributed by atoms with Crippen LogP contribution in [0.5, 0.6) is 0 Å². The average Bonchev–Trinajstić information content (AvgIpc) is 2.15. The predicted molar refractivity (Wildman–Crippen MR) is 57.4 cm³/mol. The Bertz CT molecular complexity index is 381. The normalized spacial score (nSPS) is 9.67. The van der Waals surface area contributed by atoms with Gasteiger partial charge in [-0.15, -0.1) is 0 Å². The Morgan fingerprint density at radius 1 is 1.47 bits per heavy atom. The summed E-state index contributed by atoms with van der Waals surface area (Å²) >= 11 is 3.16. The summed E-state index contributed by atoms with van der Waals surface area (Å²) in [6, 6.07) is 3.27. The lowest BCUT2D eigenvalue weighted by Crippen LogP contribution is -2.13. The van der Waals surface area contributed by atoms with Crippen molar-refractivity contribution in [2.45, 2.75) is 12.8 Å². The van der Waals surface area contributed by atoms with Gasteiger partial charge in [0.1, 0.15) is 4.60 Å². The molecule has 2 N–H and O–H groups in total.